The summed E-state index contributed by atoms with van der Waals surface area (Å²) in [5.74, 6) is 0. The first-order chi connectivity index (χ1) is 11.3. The second kappa shape index (κ2) is 7.58. The van der Waals surface area contributed by atoms with Crippen LogP contribution in [0.15, 0.2) is 53.4 Å². The molecule has 2 aromatic rings. The highest BCUT2D eigenvalue weighted by atomic mass is 32.2. The van der Waals surface area contributed by atoms with Gasteiger partial charge in [-0.2, -0.15) is 5.26 Å². The first-order valence-electron chi connectivity index (χ1n) is 7.52. The molecule has 0 aliphatic carbocycles. The van der Waals surface area contributed by atoms with Crippen LogP contribution in [0.2, 0.25) is 0 Å². The number of rotatable bonds is 6. The maximum atomic E-state index is 12.2. The number of hydrogen-bond donors (Lipinski definition) is 0. The quantitative estimate of drug-likeness (QED) is 0.808. The Bertz CT molecular complexity index is 855. The zero-order valence-corrected chi connectivity index (χ0v) is 14.9. The number of nitrogens with zero attached hydrogens (tertiary/aromatic N) is 3. The molecule has 6 heteroatoms. The van der Waals surface area contributed by atoms with E-state index in [1.54, 1.807) is 24.3 Å². The van der Waals surface area contributed by atoms with Crippen LogP contribution in [0.4, 0.5) is 0 Å². The first kappa shape index (κ1) is 18.1. The second-order valence-electron chi connectivity index (χ2n) is 5.92. The summed E-state index contributed by atoms with van der Waals surface area (Å²) in [5, 5.41) is 8.96. The highest BCUT2D eigenvalue weighted by Gasteiger charge is 2.17. The predicted molar refractivity (Wildman–Crippen MR) is 93.6 cm³/mol. The number of nitriles is 1. The van der Waals surface area contributed by atoms with Crippen LogP contribution in [0.25, 0.3) is 0 Å². The van der Waals surface area contributed by atoms with Gasteiger partial charge in [-0.25, -0.2) is 12.7 Å². The average Bonchev–Trinajstić information content (AvgIpc) is 2.55. The van der Waals surface area contributed by atoms with E-state index in [1.807, 2.05) is 31.3 Å². The van der Waals surface area contributed by atoms with Gasteiger partial charge in [0.25, 0.3) is 0 Å². The SMILES string of the molecule is CN(Cc1cccc(C#N)c1)Cc1cccc(S(=O)(=O)N(C)C)c1. The molecule has 0 unspecified atom stereocenters. The Morgan fingerprint density at radius 2 is 1.54 bits per heavy atom. The molecule has 0 N–H and O–H groups in total. The van der Waals surface area contributed by atoms with Gasteiger partial charge in [0.1, 0.15) is 0 Å². The molecule has 5 nitrogen and oxygen atoms in total. The van der Waals surface area contributed by atoms with Crippen LogP contribution in [-0.4, -0.2) is 38.8 Å². The fourth-order valence-corrected chi connectivity index (χ4v) is 3.41. The number of benzene rings is 2. The monoisotopic (exact) mass is 343 g/mol. The molecular weight excluding hydrogens is 322 g/mol. The molecular formula is C18H21N3O2S. The lowest BCUT2D eigenvalue weighted by molar-refractivity contribution is 0.319. The van der Waals surface area contributed by atoms with E-state index >= 15 is 0 Å². The molecule has 0 heterocycles. The topological polar surface area (TPSA) is 64.4 Å². The molecule has 2 rings (SSSR count). The van der Waals surface area contributed by atoms with E-state index in [9.17, 15) is 8.42 Å². The van der Waals surface area contributed by atoms with Crippen LogP contribution in [0, 0.1) is 11.3 Å². The largest absolute Gasteiger partial charge is 0.298 e. The molecule has 2 aromatic carbocycles. The van der Waals surface area contributed by atoms with E-state index in [4.69, 9.17) is 5.26 Å². The van der Waals surface area contributed by atoms with Crippen molar-refractivity contribution in [1.82, 2.24) is 9.21 Å². The van der Waals surface area contributed by atoms with E-state index in [1.165, 1.54) is 18.4 Å². The third-order valence-corrected chi connectivity index (χ3v) is 5.45. The molecule has 0 saturated carbocycles. The molecule has 0 radical (unpaired) electrons. The standard InChI is InChI=1S/C18H21N3O2S/c1-20(2)24(22,23)18-9-5-8-17(11-18)14-21(3)13-16-7-4-6-15(10-16)12-19/h4-11H,13-14H2,1-3H3. The minimum absolute atomic E-state index is 0.296. The van der Waals surface area contributed by atoms with E-state index in [0.29, 0.717) is 23.5 Å². The van der Waals surface area contributed by atoms with Crippen molar-refractivity contribution >= 4 is 10.0 Å². The van der Waals surface area contributed by atoms with Crippen molar-refractivity contribution in [1.29, 1.82) is 5.26 Å². The molecule has 0 spiro atoms. The van der Waals surface area contributed by atoms with Crippen molar-refractivity contribution in [2.45, 2.75) is 18.0 Å². The molecule has 0 bridgehead atoms. The van der Waals surface area contributed by atoms with Crippen LogP contribution in [0.1, 0.15) is 16.7 Å². The highest BCUT2D eigenvalue weighted by molar-refractivity contribution is 7.89. The Labute approximate surface area is 143 Å². The third kappa shape index (κ3) is 4.42. The van der Waals surface area contributed by atoms with E-state index in [-0.39, 0.29) is 0 Å². The molecule has 0 aliphatic heterocycles. The molecule has 0 saturated heterocycles. The minimum atomic E-state index is -3.42. The fourth-order valence-electron chi connectivity index (χ4n) is 2.43. The molecule has 0 aromatic heterocycles. The van der Waals surface area contributed by atoms with Crippen molar-refractivity contribution in [2.75, 3.05) is 21.1 Å². The normalized spacial score (nSPS) is 11.7. The Kier molecular flexibility index (Phi) is 5.73. The summed E-state index contributed by atoms with van der Waals surface area (Å²) in [6.07, 6.45) is 0. The van der Waals surface area contributed by atoms with Gasteiger partial charge in [-0.15, -0.1) is 0 Å². The minimum Gasteiger partial charge on any atom is -0.298 e. The Morgan fingerprint density at radius 1 is 0.958 bits per heavy atom. The zero-order valence-electron chi connectivity index (χ0n) is 14.1. The Hall–Kier alpha value is -2.20. The zero-order chi connectivity index (χ0) is 17.7. The lowest BCUT2D eigenvalue weighted by Crippen LogP contribution is -2.22. The summed E-state index contributed by atoms with van der Waals surface area (Å²) < 4.78 is 25.6. The van der Waals surface area contributed by atoms with E-state index in [0.717, 1.165) is 11.1 Å². The summed E-state index contributed by atoms with van der Waals surface area (Å²) in [4.78, 5) is 2.38. The van der Waals surface area contributed by atoms with Gasteiger partial charge in [0.2, 0.25) is 10.0 Å². The summed E-state index contributed by atoms with van der Waals surface area (Å²) in [6.45, 7) is 1.30. The highest BCUT2D eigenvalue weighted by Crippen LogP contribution is 2.16. The van der Waals surface area contributed by atoms with Gasteiger partial charge in [0, 0.05) is 27.2 Å². The molecule has 0 atom stereocenters. The van der Waals surface area contributed by atoms with Gasteiger partial charge in [-0.1, -0.05) is 24.3 Å². The maximum absolute atomic E-state index is 12.2. The summed E-state index contributed by atoms with van der Waals surface area (Å²) in [5.41, 5.74) is 2.62. The van der Waals surface area contributed by atoms with Crippen molar-refractivity contribution in [2.24, 2.45) is 0 Å². The van der Waals surface area contributed by atoms with Crippen molar-refractivity contribution < 1.29 is 8.42 Å². The lowest BCUT2D eigenvalue weighted by atomic mass is 10.1. The smallest absolute Gasteiger partial charge is 0.242 e. The van der Waals surface area contributed by atoms with Gasteiger partial charge in [-0.3, -0.25) is 4.90 Å². The maximum Gasteiger partial charge on any atom is 0.242 e. The third-order valence-electron chi connectivity index (χ3n) is 3.64. The molecule has 0 aliphatic rings. The van der Waals surface area contributed by atoms with Gasteiger partial charge in [0.05, 0.1) is 16.5 Å². The van der Waals surface area contributed by atoms with Crippen LogP contribution < -0.4 is 0 Å². The van der Waals surface area contributed by atoms with Gasteiger partial charge in [0.15, 0.2) is 0 Å². The van der Waals surface area contributed by atoms with Crippen molar-refractivity contribution in [3.05, 3.63) is 65.2 Å². The number of sulfonamides is 1. The summed E-state index contributed by atoms with van der Waals surface area (Å²) in [6, 6.07) is 16.6. The Morgan fingerprint density at radius 3 is 2.12 bits per heavy atom. The average molecular weight is 343 g/mol. The van der Waals surface area contributed by atoms with E-state index < -0.39 is 10.0 Å². The lowest BCUT2D eigenvalue weighted by Gasteiger charge is -2.18. The van der Waals surface area contributed by atoms with Crippen molar-refractivity contribution in [3.8, 4) is 6.07 Å². The van der Waals surface area contributed by atoms with Crippen LogP contribution >= 0.6 is 0 Å². The van der Waals surface area contributed by atoms with Crippen LogP contribution in [0.5, 0.6) is 0 Å². The van der Waals surface area contributed by atoms with E-state index in [2.05, 4.69) is 11.0 Å². The molecule has 126 valence electrons. The first-order valence-corrected chi connectivity index (χ1v) is 8.96. The molecule has 24 heavy (non-hydrogen) atoms. The molecule has 0 fully saturated rings. The second-order valence-corrected chi connectivity index (χ2v) is 8.07. The van der Waals surface area contributed by atoms with Crippen molar-refractivity contribution in [3.63, 3.8) is 0 Å². The summed E-state index contributed by atoms with van der Waals surface area (Å²) in [7, 11) is 1.59. The fraction of sp³-hybridized carbons (Fsp3) is 0.278. The summed E-state index contributed by atoms with van der Waals surface area (Å²) >= 11 is 0. The number of hydrogen-bond acceptors (Lipinski definition) is 4. The van der Waals surface area contributed by atoms with Gasteiger partial charge >= 0.3 is 0 Å². The molecule has 0 amide bonds. The predicted octanol–water partition coefficient (Wildman–Crippen LogP) is 2.44. The van der Waals surface area contributed by atoms with Gasteiger partial charge in [-0.05, 0) is 42.4 Å². The van der Waals surface area contributed by atoms with Crippen LogP contribution in [0.3, 0.4) is 0 Å². The van der Waals surface area contributed by atoms with Gasteiger partial charge < -0.3 is 0 Å². The van der Waals surface area contributed by atoms with Crippen LogP contribution in [-0.2, 0) is 23.1 Å². The Balaban J connectivity index is 2.12.